The van der Waals surface area contributed by atoms with E-state index in [1.54, 1.807) is 0 Å². The monoisotopic (exact) mass is 269 g/mol. The first-order chi connectivity index (χ1) is 7.33. The quantitative estimate of drug-likeness (QED) is 0.823. The molecule has 0 aromatic heterocycles. The molecule has 0 amide bonds. The van der Waals surface area contributed by atoms with Gasteiger partial charge < -0.3 is 9.47 Å². The average molecular weight is 270 g/mol. The molecule has 15 heavy (non-hydrogen) atoms. The number of ether oxygens (including phenoxy) is 2. The normalized spacial score (nSPS) is 19.0. The van der Waals surface area contributed by atoms with Crippen LogP contribution in [-0.2, 0) is 6.54 Å². The first-order valence-electron chi connectivity index (χ1n) is 5.13. The van der Waals surface area contributed by atoms with Gasteiger partial charge in [0.25, 0.3) is 0 Å². The Labute approximate surface area is 97.1 Å². The molecule has 0 N–H and O–H groups in total. The maximum Gasteiger partial charge on any atom is 0.231 e. The SMILES string of the molecule is Brc1cc2c(cc1CN1CCC1)OCO2. The van der Waals surface area contributed by atoms with Gasteiger partial charge in [-0.05, 0) is 37.2 Å². The highest BCUT2D eigenvalue weighted by molar-refractivity contribution is 9.10. The number of halogens is 1. The molecule has 0 bridgehead atoms. The Morgan fingerprint density at radius 1 is 1.20 bits per heavy atom. The molecule has 1 saturated heterocycles. The molecule has 1 aromatic rings. The van der Waals surface area contributed by atoms with E-state index in [0.717, 1.165) is 22.5 Å². The van der Waals surface area contributed by atoms with Crippen LogP contribution >= 0.6 is 15.9 Å². The van der Waals surface area contributed by atoms with Gasteiger partial charge in [0.05, 0.1) is 0 Å². The van der Waals surface area contributed by atoms with Gasteiger partial charge in [-0.15, -0.1) is 0 Å². The third kappa shape index (κ3) is 1.72. The summed E-state index contributed by atoms with van der Waals surface area (Å²) in [4.78, 5) is 2.42. The van der Waals surface area contributed by atoms with Gasteiger partial charge in [0.1, 0.15) is 0 Å². The lowest BCUT2D eigenvalue weighted by Gasteiger charge is -2.31. The standard InChI is InChI=1S/C11H12BrNO2/c12-9-5-11-10(14-7-15-11)4-8(9)6-13-2-1-3-13/h4-5H,1-3,6-7H2. The summed E-state index contributed by atoms with van der Waals surface area (Å²) in [7, 11) is 0. The molecule has 2 aliphatic rings. The number of rotatable bonds is 2. The number of likely N-dealkylation sites (tertiary alicyclic amines) is 1. The summed E-state index contributed by atoms with van der Waals surface area (Å²) in [6.45, 7) is 3.76. The minimum absolute atomic E-state index is 0.342. The third-order valence-electron chi connectivity index (χ3n) is 2.88. The zero-order valence-corrected chi connectivity index (χ0v) is 9.92. The number of benzene rings is 1. The van der Waals surface area contributed by atoms with E-state index in [1.807, 2.05) is 6.07 Å². The lowest BCUT2D eigenvalue weighted by molar-refractivity contribution is 0.170. The molecular formula is C11H12BrNO2. The highest BCUT2D eigenvalue weighted by Crippen LogP contribution is 2.37. The Hall–Kier alpha value is -0.740. The minimum atomic E-state index is 0.342. The summed E-state index contributed by atoms with van der Waals surface area (Å²) < 4.78 is 11.8. The van der Waals surface area contributed by atoms with Gasteiger partial charge >= 0.3 is 0 Å². The Kier molecular flexibility index (Phi) is 2.33. The van der Waals surface area contributed by atoms with E-state index in [0.29, 0.717) is 6.79 Å². The molecule has 2 aliphatic heterocycles. The second kappa shape index (κ2) is 3.68. The molecule has 0 radical (unpaired) electrons. The van der Waals surface area contributed by atoms with Gasteiger partial charge in [0, 0.05) is 11.0 Å². The fourth-order valence-corrected chi connectivity index (χ4v) is 2.31. The fourth-order valence-electron chi connectivity index (χ4n) is 1.86. The van der Waals surface area contributed by atoms with E-state index in [4.69, 9.17) is 9.47 Å². The zero-order chi connectivity index (χ0) is 10.3. The molecule has 80 valence electrons. The Morgan fingerprint density at radius 2 is 1.93 bits per heavy atom. The number of hydrogen-bond donors (Lipinski definition) is 0. The molecule has 0 atom stereocenters. The van der Waals surface area contributed by atoms with Crippen molar-refractivity contribution < 1.29 is 9.47 Å². The van der Waals surface area contributed by atoms with E-state index in [-0.39, 0.29) is 0 Å². The number of hydrogen-bond acceptors (Lipinski definition) is 3. The maximum absolute atomic E-state index is 5.37. The maximum atomic E-state index is 5.37. The third-order valence-corrected chi connectivity index (χ3v) is 3.62. The Bertz CT molecular complexity index is 390. The predicted octanol–water partition coefficient (Wildman–Crippen LogP) is 2.38. The summed E-state index contributed by atoms with van der Waals surface area (Å²) in [6.07, 6.45) is 1.32. The largest absolute Gasteiger partial charge is 0.454 e. The highest BCUT2D eigenvalue weighted by Gasteiger charge is 2.19. The molecule has 3 rings (SSSR count). The van der Waals surface area contributed by atoms with E-state index in [2.05, 4.69) is 26.9 Å². The molecule has 4 heteroatoms. The fraction of sp³-hybridized carbons (Fsp3) is 0.455. The van der Waals surface area contributed by atoms with Crippen molar-refractivity contribution in [2.75, 3.05) is 19.9 Å². The van der Waals surface area contributed by atoms with E-state index in [9.17, 15) is 0 Å². The van der Waals surface area contributed by atoms with Gasteiger partial charge in [-0.2, -0.15) is 0 Å². The van der Waals surface area contributed by atoms with Crippen molar-refractivity contribution in [1.82, 2.24) is 4.90 Å². The van der Waals surface area contributed by atoms with Crippen LogP contribution in [0.15, 0.2) is 16.6 Å². The molecule has 0 saturated carbocycles. The number of nitrogens with zero attached hydrogens (tertiary/aromatic N) is 1. The van der Waals surface area contributed by atoms with Crippen molar-refractivity contribution >= 4 is 15.9 Å². The van der Waals surface area contributed by atoms with Gasteiger partial charge in [-0.25, -0.2) is 0 Å². The number of fused-ring (bicyclic) bond motifs is 1. The van der Waals surface area contributed by atoms with Crippen LogP contribution in [0.3, 0.4) is 0 Å². The van der Waals surface area contributed by atoms with Crippen molar-refractivity contribution in [1.29, 1.82) is 0 Å². The molecular weight excluding hydrogens is 258 g/mol. The van der Waals surface area contributed by atoms with E-state index < -0.39 is 0 Å². The lowest BCUT2D eigenvalue weighted by atomic mass is 10.1. The summed E-state index contributed by atoms with van der Waals surface area (Å²) in [5.41, 5.74) is 1.28. The van der Waals surface area contributed by atoms with Crippen molar-refractivity contribution in [3.05, 3.63) is 22.2 Å². The van der Waals surface area contributed by atoms with Crippen molar-refractivity contribution in [2.24, 2.45) is 0 Å². The summed E-state index contributed by atoms with van der Waals surface area (Å²) in [5, 5.41) is 0. The van der Waals surface area contributed by atoms with Crippen LogP contribution in [0, 0.1) is 0 Å². The van der Waals surface area contributed by atoms with Crippen LogP contribution in [0.4, 0.5) is 0 Å². The van der Waals surface area contributed by atoms with E-state index >= 15 is 0 Å². The van der Waals surface area contributed by atoms with Gasteiger partial charge in [-0.3, -0.25) is 4.90 Å². The molecule has 0 aliphatic carbocycles. The average Bonchev–Trinajstić information content (AvgIpc) is 2.58. The summed E-state index contributed by atoms with van der Waals surface area (Å²) in [6, 6.07) is 4.07. The molecule has 0 spiro atoms. The predicted molar refractivity (Wildman–Crippen MR) is 60.2 cm³/mol. The van der Waals surface area contributed by atoms with Gasteiger partial charge in [0.2, 0.25) is 6.79 Å². The Morgan fingerprint density at radius 3 is 2.60 bits per heavy atom. The first-order valence-corrected chi connectivity index (χ1v) is 5.92. The van der Waals surface area contributed by atoms with Crippen LogP contribution in [0.2, 0.25) is 0 Å². The molecule has 3 nitrogen and oxygen atoms in total. The van der Waals surface area contributed by atoms with Crippen molar-refractivity contribution in [3.63, 3.8) is 0 Å². The topological polar surface area (TPSA) is 21.7 Å². The molecule has 1 aromatic carbocycles. The summed E-state index contributed by atoms with van der Waals surface area (Å²) in [5.74, 6) is 1.71. The van der Waals surface area contributed by atoms with Crippen LogP contribution in [-0.4, -0.2) is 24.8 Å². The second-order valence-corrected chi connectivity index (χ2v) is 4.78. The zero-order valence-electron chi connectivity index (χ0n) is 8.33. The van der Waals surface area contributed by atoms with Crippen LogP contribution < -0.4 is 9.47 Å². The Balaban J connectivity index is 1.86. The van der Waals surface area contributed by atoms with E-state index in [1.165, 1.54) is 25.1 Å². The minimum Gasteiger partial charge on any atom is -0.454 e. The lowest BCUT2D eigenvalue weighted by Crippen LogP contribution is -2.36. The summed E-state index contributed by atoms with van der Waals surface area (Å²) >= 11 is 3.57. The first kappa shape index (κ1) is 9.48. The van der Waals surface area contributed by atoms with Crippen molar-refractivity contribution in [2.45, 2.75) is 13.0 Å². The second-order valence-electron chi connectivity index (χ2n) is 3.93. The van der Waals surface area contributed by atoms with Gasteiger partial charge in [0.15, 0.2) is 11.5 Å². The smallest absolute Gasteiger partial charge is 0.231 e. The molecule has 1 fully saturated rings. The van der Waals surface area contributed by atoms with Crippen molar-refractivity contribution in [3.8, 4) is 11.5 Å². The van der Waals surface area contributed by atoms with Gasteiger partial charge in [-0.1, -0.05) is 15.9 Å². The van der Waals surface area contributed by atoms with Crippen LogP contribution in [0.1, 0.15) is 12.0 Å². The molecule has 0 unspecified atom stereocenters. The van der Waals surface area contributed by atoms with Crippen LogP contribution in [0.5, 0.6) is 11.5 Å². The molecule has 2 heterocycles. The van der Waals surface area contributed by atoms with Crippen LogP contribution in [0.25, 0.3) is 0 Å². The highest BCUT2D eigenvalue weighted by atomic mass is 79.9.